The van der Waals surface area contributed by atoms with E-state index in [4.69, 9.17) is 0 Å². The quantitative estimate of drug-likeness (QED) is 0.645. The zero-order valence-electron chi connectivity index (χ0n) is 15.8. The van der Waals surface area contributed by atoms with Gasteiger partial charge in [-0.2, -0.15) is 18.3 Å². The summed E-state index contributed by atoms with van der Waals surface area (Å²) in [6.45, 7) is 1.08. The highest BCUT2D eigenvalue weighted by atomic mass is 19.4. The highest BCUT2D eigenvalue weighted by Gasteiger charge is 2.60. The van der Waals surface area contributed by atoms with Gasteiger partial charge < -0.3 is 15.3 Å². The molecule has 0 amide bonds. The Bertz CT molecular complexity index is 1050. The molecule has 0 aliphatic carbocycles. The van der Waals surface area contributed by atoms with Crippen molar-refractivity contribution < 1.29 is 23.1 Å². The molecule has 30 heavy (non-hydrogen) atoms. The average Bonchev–Trinajstić information content (AvgIpc) is 3.39. The van der Waals surface area contributed by atoms with Crippen LogP contribution in [-0.2, 0) is 17.9 Å². The minimum Gasteiger partial charge on any atom is -0.350 e. The number of nitrogens with one attached hydrogen (secondary N) is 1. The summed E-state index contributed by atoms with van der Waals surface area (Å²) in [7, 11) is 0. The predicted molar refractivity (Wildman–Crippen MR) is 104 cm³/mol. The van der Waals surface area contributed by atoms with E-state index in [-0.39, 0.29) is 5.71 Å². The van der Waals surface area contributed by atoms with Gasteiger partial charge >= 0.3 is 12.0 Å². The van der Waals surface area contributed by atoms with E-state index >= 15 is 0 Å². The minimum atomic E-state index is -4.92. The Hall–Kier alpha value is -3.17. The van der Waals surface area contributed by atoms with Crippen LogP contribution in [0.5, 0.6) is 0 Å². The van der Waals surface area contributed by atoms with Crippen LogP contribution in [0.3, 0.4) is 0 Å². The first-order valence-corrected chi connectivity index (χ1v) is 9.28. The largest absolute Gasteiger partial charge is 0.458 e. The van der Waals surface area contributed by atoms with Gasteiger partial charge in [-0.05, 0) is 34.9 Å². The fourth-order valence-corrected chi connectivity index (χ4v) is 3.23. The van der Waals surface area contributed by atoms with Crippen molar-refractivity contribution in [2.24, 2.45) is 5.16 Å². The molecule has 0 spiro atoms. The first-order chi connectivity index (χ1) is 14.4. The number of hydrogen-bond acceptors (Lipinski definition) is 5. The van der Waals surface area contributed by atoms with Gasteiger partial charge in [0.1, 0.15) is 0 Å². The van der Waals surface area contributed by atoms with E-state index in [1.54, 1.807) is 29.1 Å². The Morgan fingerprint density at radius 2 is 1.93 bits per heavy atom. The number of hydrogen-bond donors (Lipinski definition) is 2. The Labute approximate surface area is 170 Å². The van der Waals surface area contributed by atoms with E-state index in [1.807, 2.05) is 42.6 Å². The van der Waals surface area contributed by atoms with Gasteiger partial charge in [-0.1, -0.05) is 41.6 Å². The van der Waals surface area contributed by atoms with E-state index in [2.05, 4.69) is 20.4 Å². The third-order valence-corrected chi connectivity index (χ3v) is 4.80. The van der Waals surface area contributed by atoms with Crippen molar-refractivity contribution in [2.45, 2.75) is 31.5 Å². The summed E-state index contributed by atoms with van der Waals surface area (Å²) in [6, 6.07) is 16.7. The topological polar surface area (TPSA) is 71.7 Å². The summed E-state index contributed by atoms with van der Waals surface area (Å²) < 4.78 is 40.5. The second-order valence-electron chi connectivity index (χ2n) is 6.97. The maximum atomic E-state index is 12.9. The summed E-state index contributed by atoms with van der Waals surface area (Å²) in [4.78, 5) is 4.29. The van der Waals surface area contributed by atoms with E-state index in [0.29, 0.717) is 18.7 Å². The van der Waals surface area contributed by atoms with Crippen LogP contribution in [0.2, 0.25) is 0 Å². The molecule has 6 nitrogen and oxygen atoms in total. The molecule has 0 saturated carbocycles. The Balaban J connectivity index is 1.41. The van der Waals surface area contributed by atoms with Crippen LogP contribution in [-0.4, -0.2) is 32.6 Å². The monoisotopic (exact) mass is 416 g/mol. The van der Waals surface area contributed by atoms with Crippen LogP contribution in [0.25, 0.3) is 5.69 Å². The lowest BCUT2D eigenvalue weighted by Gasteiger charge is -2.22. The summed E-state index contributed by atoms with van der Waals surface area (Å²) in [6.07, 6.45) is -2.08. The molecule has 9 heteroatoms. The molecule has 1 unspecified atom stereocenters. The second-order valence-corrected chi connectivity index (χ2v) is 6.97. The number of alkyl halides is 3. The van der Waals surface area contributed by atoms with Crippen molar-refractivity contribution in [3.05, 3.63) is 83.7 Å². The molecule has 0 radical (unpaired) electrons. The Kier molecular flexibility index (Phi) is 5.31. The van der Waals surface area contributed by atoms with E-state index in [9.17, 15) is 18.3 Å². The van der Waals surface area contributed by atoms with Crippen molar-refractivity contribution in [3.63, 3.8) is 0 Å². The molecule has 0 saturated heterocycles. The average molecular weight is 416 g/mol. The van der Waals surface area contributed by atoms with Crippen molar-refractivity contribution in [1.29, 1.82) is 0 Å². The lowest BCUT2D eigenvalue weighted by atomic mass is 10.0. The maximum absolute atomic E-state index is 12.9. The molecular weight excluding hydrogens is 397 g/mol. The number of benzene rings is 2. The van der Waals surface area contributed by atoms with E-state index in [0.717, 1.165) is 16.8 Å². The van der Waals surface area contributed by atoms with Crippen LogP contribution >= 0.6 is 0 Å². The molecule has 0 fully saturated rings. The number of aromatic nitrogens is 2. The lowest BCUT2D eigenvalue weighted by Crippen LogP contribution is -2.45. The summed E-state index contributed by atoms with van der Waals surface area (Å²) >= 11 is 0. The minimum absolute atomic E-state index is 0.0562. The molecule has 4 rings (SSSR count). The fraction of sp³-hybridized carbons (Fsp3) is 0.238. The maximum Gasteiger partial charge on any atom is 0.458 e. The number of oxime groups is 1. The van der Waals surface area contributed by atoms with Gasteiger partial charge in [-0.25, -0.2) is 4.68 Å². The Morgan fingerprint density at radius 3 is 2.67 bits per heavy atom. The van der Waals surface area contributed by atoms with Gasteiger partial charge in [-0.3, -0.25) is 0 Å². The normalized spacial score (nSPS) is 18.9. The van der Waals surface area contributed by atoms with Crippen molar-refractivity contribution in [1.82, 2.24) is 15.1 Å². The molecular formula is C21H19F3N4O2. The van der Waals surface area contributed by atoms with Crippen LogP contribution in [0.1, 0.15) is 23.1 Å². The molecule has 0 bridgehead atoms. The molecule has 2 heterocycles. The fourth-order valence-electron chi connectivity index (χ4n) is 3.23. The highest BCUT2D eigenvalue weighted by Crippen LogP contribution is 2.38. The molecule has 1 aliphatic heterocycles. The van der Waals surface area contributed by atoms with Crippen LogP contribution < -0.4 is 5.32 Å². The number of rotatable bonds is 6. The molecule has 3 aromatic rings. The third kappa shape index (κ3) is 4.07. The zero-order valence-corrected chi connectivity index (χ0v) is 15.8. The molecule has 1 aliphatic rings. The smallest absolute Gasteiger partial charge is 0.350 e. The van der Waals surface area contributed by atoms with Gasteiger partial charge in [-0.15, -0.1) is 0 Å². The molecule has 2 N–H and O–H groups in total. The number of halogens is 3. The Morgan fingerprint density at radius 1 is 1.10 bits per heavy atom. The first-order valence-electron chi connectivity index (χ1n) is 9.28. The van der Waals surface area contributed by atoms with Gasteiger partial charge in [0.25, 0.3) is 0 Å². The summed E-state index contributed by atoms with van der Waals surface area (Å²) in [5.41, 5.74) is 3.43. The molecule has 156 valence electrons. The highest BCUT2D eigenvalue weighted by molar-refractivity contribution is 6.01. The van der Waals surface area contributed by atoms with Gasteiger partial charge in [0, 0.05) is 25.5 Å². The number of para-hydroxylation sites is 1. The van der Waals surface area contributed by atoms with Crippen molar-refractivity contribution in [3.8, 4) is 5.69 Å². The molecule has 1 aromatic heterocycles. The summed E-state index contributed by atoms with van der Waals surface area (Å²) in [5.74, 6) is -3.27. The lowest BCUT2D eigenvalue weighted by molar-refractivity contribution is -0.355. The van der Waals surface area contributed by atoms with Crippen molar-refractivity contribution >= 4 is 5.71 Å². The second kappa shape index (κ2) is 7.92. The third-order valence-electron chi connectivity index (χ3n) is 4.80. The summed E-state index contributed by atoms with van der Waals surface area (Å²) in [5, 5.41) is 20.7. The van der Waals surface area contributed by atoms with Crippen LogP contribution in [0.15, 0.2) is 72.1 Å². The number of aliphatic hydroxyl groups is 1. The van der Waals surface area contributed by atoms with Crippen LogP contribution in [0, 0.1) is 0 Å². The predicted octanol–water partition coefficient (Wildman–Crippen LogP) is 3.54. The number of nitrogens with zero attached hydrogens (tertiary/aromatic N) is 3. The van der Waals surface area contributed by atoms with Crippen molar-refractivity contribution in [2.75, 3.05) is 0 Å². The van der Waals surface area contributed by atoms with E-state index < -0.39 is 18.4 Å². The molecule has 1 atom stereocenters. The SMILES string of the molecule is OC1(C(F)(F)F)CC(c2cccc(CNCc3ccccc3-n3cccn3)c2)=NO1. The first kappa shape index (κ1) is 20.1. The van der Waals surface area contributed by atoms with Crippen LogP contribution in [0.4, 0.5) is 13.2 Å². The molecule has 2 aromatic carbocycles. The van der Waals surface area contributed by atoms with Gasteiger partial charge in [0.15, 0.2) is 0 Å². The zero-order chi connectivity index (χ0) is 21.2. The van der Waals surface area contributed by atoms with Gasteiger partial charge in [0.05, 0.1) is 17.8 Å². The van der Waals surface area contributed by atoms with Gasteiger partial charge in [0.2, 0.25) is 0 Å². The van der Waals surface area contributed by atoms with E-state index in [1.165, 1.54) is 0 Å². The standard InChI is InChI=1S/C21H19F3N4O2/c22-21(23,24)20(29)12-18(27-30-20)16-7-3-5-15(11-16)13-25-14-17-6-1-2-8-19(17)28-10-4-9-26-28/h1-11,25,29H,12-14H2.